The second-order valence-corrected chi connectivity index (χ2v) is 9.56. The molecule has 0 unspecified atom stereocenters. The van der Waals surface area contributed by atoms with Gasteiger partial charge in [0.05, 0.1) is 0 Å². The Balaban J connectivity index is 3.25. The van der Waals surface area contributed by atoms with Crippen LogP contribution in [0.2, 0.25) is 0 Å². The van der Waals surface area contributed by atoms with E-state index in [9.17, 15) is 0 Å². The molecule has 0 aromatic heterocycles. The molecule has 1 nitrogen and oxygen atoms in total. The van der Waals surface area contributed by atoms with E-state index in [0.717, 1.165) is 0 Å². The summed E-state index contributed by atoms with van der Waals surface area (Å²) in [6.45, 7) is 11.5. The van der Waals surface area contributed by atoms with Gasteiger partial charge in [0, 0.05) is 0 Å². The fourth-order valence-corrected chi connectivity index (χ4v) is 4.19. The summed E-state index contributed by atoms with van der Waals surface area (Å²) in [6, 6.07) is 0. The zero-order valence-electron chi connectivity index (χ0n) is 20.9. The van der Waals surface area contributed by atoms with E-state index in [-0.39, 0.29) is 0 Å². The van der Waals surface area contributed by atoms with Gasteiger partial charge in [0.2, 0.25) is 0 Å². The highest BCUT2D eigenvalue weighted by Crippen LogP contribution is 2.17. The van der Waals surface area contributed by atoms with Crippen LogP contribution in [0.3, 0.4) is 0 Å². The lowest BCUT2D eigenvalue weighted by molar-refractivity contribution is 0.314. The van der Waals surface area contributed by atoms with Crippen molar-refractivity contribution in [3.8, 4) is 0 Å². The molecule has 0 heterocycles. The summed E-state index contributed by atoms with van der Waals surface area (Å²) < 4.78 is 0. The first-order valence-corrected chi connectivity index (χ1v) is 13.6. The Morgan fingerprint density at radius 2 is 0.793 bits per heavy atom. The molecule has 0 N–H and O–H groups in total. The molecule has 0 spiro atoms. The molecule has 0 aromatic rings. The standard InChI is InChI=1S/C28H57N/c1-5-7-9-11-13-14-16-20-24-28(3)25-21-17-15-19-23-27-29(4)26-22-18-12-10-8-6-2/h3,5-27H2,1-2,4H3. The van der Waals surface area contributed by atoms with Crippen molar-refractivity contribution in [1.29, 1.82) is 0 Å². The Morgan fingerprint density at radius 3 is 1.17 bits per heavy atom. The molecule has 0 rings (SSSR count). The molecule has 1 heteroatoms. The molecule has 0 radical (unpaired) electrons. The third-order valence-electron chi connectivity index (χ3n) is 6.35. The Labute approximate surface area is 186 Å². The summed E-state index contributed by atoms with van der Waals surface area (Å²) in [6.07, 6.45) is 29.3. The first-order valence-electron chi connectivity index (χ1n) is 13.6. The summed E-state index contributed by atoms with van der Waals surface area (Å²) in [7, 11) is 2.31. The Kier molecular flexibility index (Phi) is 23.7. The summed E-state index contributed by atoms with van der Waals surface area (Å²) >= 11 is 0. The van der Waals surface area contributed by atoms with Crippen LogP contribution in [0.25, 0.3) is 0 Å². The van der Waals surface area contributed by atoms with Crippen molar-refractivity contribution >= 4 is 0 Å². The molecule has 0 aliphatic heterocycles. The maximum atomic E-state index is 4.32. The van der Waals surface area contributed by atoms with Crippen LogP contribution in [0.5, 0.6) is 0 Å². The van der Waals surface area contributed by atoms with E-state index in [1.54, 1.807) is 0 Å². The maximum Gasteiger partial charge on any atom is -0.00218 e. The molecule has 0 fully saturated rings. The number of unbranched alkanes of at least 4 members (excludes halogenated alkanes) is 16. The van der Waals surface area contributed by atoms with Crippen molar-refractivity contribution in [2.24, 2.45) is 0 Å². The summed E-state index contributed by atoms with van der Waals surface area (Å²) in [5, 5.41) is 0. The molecule has 0 aliphatic carbocycles. The molecule has 0 aliphatic rings. The first kappa shape index (κ1) is 28.7. The van der Waals surface area contributed by atoms with Gasteiger partial charge in [-0.15, -0.1) is 0 Å². The van der Waals surface area contributed by atoms with Gasteiger partial charge < -0.3 is 4.90 Å². The summed E-state index contributed by atoms with van der Waals surface area (Å²) in [5.41, 5.74) is 1.51. The molecular formula is C28H57N. The van der Waals surface area contributed by atoms with E-state index in [1.165, 1.54) is 153 Å². The molecule has 174 valence electrons. The molecule has 0 amide bonds. The molecule has 0 bridgehead atoms. The van der Waals surface area contributed by atoms with Gasteiger partial charge in [-0.3, -0.25) is 0 Å². The maximum absolute atomic E-state index is 4.32. The van der Waals surface area contributed by atoms with Crippen molar-refractivity contribution in [2.75, 3.05) is 20.1 Å². The minimum absolute atomic E-state index is 1.27. The second kappa shape index (κ2) is 24.0. The van der Waals surface area contributed by atoms with E-state index in [2.05, 4.69) is 32.4 Å². The predicted molar refractivity (Wildman–Crippen MR) is 135 cm³/mol. The van der Waals surface area contributed by atoms with E-state index < -0.39 is 0 Å². The average molecular weight is 408 g/mol. The SMILES string of the molecule is C=C(CCCCCCCCCC)CCCCCCCN(C)CCCCCCCC. The zero-order chi connectivity index (χ0) is 21.4. The topological polar surface area (TPSA) is 3.24 Å². The highest BCUT2D eigenvalue weighted by Gasteiger charge is 2.00. The molecule has 0 saturated heterocycles. The second-order valence-electron chi connectivity index (χ2n) is 9.56. The fourth-order valence-electron chi connectivity index (χ4n) is 4.19. The van der Waals surface area contributed by atoms with Gasteiger partial charge in [-0.2, -0.15) is 0 Å². The average Bonchev–Trinajstić information content (AvgIpc) is 2.71. The monoisotopic (exact) mass is 407 g/mol. The molecular weight excluding hydrogens is 350 g/mol. The van der Waals surface area contributed by atoms with Gasteiger partial charge in [-0.1, -0.05) is 122 Å². The van der Waals surface area contributed by atoms with Crippen LogP contribution in [0, 0.1) is 0 Å². The minimum Gasteiger partial charge on any atom is -0.306 e. The normalized spacial score (nSPS) is 11.4. The molecule has 0 saturated carbocycles. The van der Waals surface area contributed by atoms with Crippen LogP contribution in [0.4, 0.5) is 0 Å². The molecule has 0 atom stereocenters. The van der Waals surface area contributed by atoms with Crippen LogP contribution >= 0.6 is 0 Å². The van der Waals surface area contributed by atoms with Crippen molar-refractivity contribution in [1.82, 2.24) is 4.90 Å². The summed E-state index contributed by atoms with van der Waals surface area (Å²) in [4.78, 5) is 2.55. The van der Waals surface area contributed by atoms with Crippen molar-refractivity contribution in [2.45, 2.75) is 149 Å². The zero-order valence-corrected chi connectivity index (χ0v) is 20.9. The number of allylic oxidation sites excluding steroid dienone is 1. The first-order chi connectivity index (χ1) is 14.2. The number of hydrogen-bond donors (Lipinski definition) is 0. The number of nitrogens with zero attached hydrogens (tertiary/aromatic N) is 1. The largest absolute Gasteiger partial charge is 0.306 e. The lowest BCUT2D eigenvalue weighted by atomic mass is 10.0. The van der Waals surface area contributed by atoms with E-state index in [0.29, 0.717) is 0 Å². The minimum atomic E-state index is 1.27. The van der Waals surface area contributed by atoms with Gasteiger partial charge in [0.25, 0.3) is 0 Å². The van der Waals surface area contributed by atoms with Gasteiger partial charge in [0.1, 0.15) is 0 Å². The number of hydrogen-bond acceptors (Lipinski definition) is 1. The number of rotatable bonds is 24. The van der Waals surface area contributed by atoms with E-state index >= 15 is 0 Å². The smallest absolute Gasteiger partial charge is 0.00218 e. The van der Waals surface area contributed by atoms with Gasteiger partial charge in [-0.05, 0) is 58.7 Å². The van der Waals surface area contributed by atoms with Crippen molar-refractivity contribution < 1.29 is 0 Å². The molecule has 29 heavy (non-hydrogen) atoms. The fraction of sp³-hybridized carbons (Fsp3) is 0.929. The van der Waals surface area contributed by atoms with E-state index in [1.807, 2.05) is 0 Å². The highest BCUT2D eigenvalue weighted by atomic mass is 15.1. The van der Waals surface area contributed by atoms with Crippen molar-refractivity contribution in [3.05, 3.63) is 12.2 Å². The van der Waals surface area contributed by atoms with Crippen molar-refractivity contribution in [3.63, 3.8) is 0 Å². The van der Waals surface area contributed by atoms with Crippen LogP contribution in [0.1, 0.15) is 149 Å². The predicted octanol–water partition coefficient (Wildman–Crippen LogP) is 9.71. The van der Waals surface area contributed by atoms with Crippen LogP contribution < -0.4 is 0 Å². The Hall–Kier alpha value is -0.300. The third kappa shape index (κ3) is 23.8. The Morgan fingerprint density at radius 1 is 0.483 bits per heavy atom. The lowest BCUT2D eigenvalue weighted by Gasteiger charge is -2.16. The van der Waals surface area contributed by atoms with Gasteiger partial charge in [0.15, 0.2) is 0 Å². The summed E-state index contributed by atoms with van der Waals surface area (Å²) in [5.74, 6) is 0. The van der Waals surface area contributed by atoms with E-state index in [4.69, 9.17) is 0 Å². The molecule has 0 aromatic carbocycles. The van der Waals surface area contributed by atoms with Crippen LogP contribution in [-0.2, 0) is 0 Å². The quantitative estimate of drug-likeness (QED) is 0.114. The van der Waals surface area contributed by atoms with Crippen LogP contribution in [0.15, 0.2) is 12.2 Å². The highest BCUT2D eigenvalue weighted by molar-refractivity contribution is 4.93. The lowest BCUT2D eigenvalue weighted by Crippen LogP contribution is -2.20. The van der Waals surface area contributed by atoms with Gasteiger partial charge in [-0.25, -0.2) is 0 Å². The van der Waals surface area contributed by atoms with Crippen LogP contribution in [-0.4, -0.2) is 25.0 Å². The third-order valence-corrected chi connectivity index (χ3v) is 6.35. The Bertz CT molecular complexity index is 322. The van der Waals surface area contributed by atoms with Gasteiger partial charge >= 0.3 is 0 Å².